The van der Waals surface area contributed by atoms with Crippen LogP contribution < -0.4 is 10.1 Å². The molecule has 0 spiro atoms. The molecule has 152 valence electrons. The highest BCUT2D eigenvalue weighted by Gasteiger charge is 2.54. The summed E-state index contributed by atoms with van der Waals surface area (Å²) >= 11 is 3.43. The van der Waals surface area contributed by atoms with Crippen LogP contribution in [0.3, 0.4) is 0 Å². The van der Waals surface area contributed by atoms with E-state index in [1.807, 2.05) is 24.3 Å². The molecule has 2 aliphatic heterocycles. The van der Waals surface area contributed by atoms with Gasteiger partial charge in [0.2, 0.25) is 5.91 Å². The summed E-state index contributed by atoms with van der Waals surface area (Å²) in [6.45, 7) is 0.313. The Bertz CT molecular complexity index is 920. The van der Waals surface area contributed by atoms with E-state index in [1.54, 1.807) is 36.3 Å². The summed E-state index contributed by atoms with van der Waals surface area (Å²) in [7, 11) is 1.56. The Hall–Kier alpha value is -2.58. The molecule has 0 aromatic heterocycles. The fraction of sp³-hybridized carbons (Fsp3) is 0.333. The molecule has 29 heavy (non-hydrogen) atoms. The van der Waals surface area contributed by atoms with E-state index in [0.717, 1.165) is 10.0 Å². The average Bonchev–Trinajstić information content (AvgIpc) is 2.71. The number of carbonyl (C=O) groups excluding carboxylic acids is 2. The standard InChI is InChI=1S/C21H22BrN3O4/c1-29-16-4-2-3-15(9-16)23-21(28)24-10-17-20(13-5-7-14(22)8-6-13)18(12-26)25(17)19(27)11-24/h2-9,17-18,20,26H,10-12H2,1H3,(H,23,28)/t17-,18-,20-/m1/s1. The second-order valence-electron chi connectivity index (χ2n) is 7.24. The average molecular weight is 460 g/mol. The topological polar surface area (TPSA) is 82.1 Å². The number of amides is 3. The van der Waals surface area contributed by atoms with Crippen LogP contribution in [0, 0.1) is 0 Å². The number of nitrogens with zero attached hydrogens (tertiary/aromatic N) is 2. The smallest absolute Gasteiger partial charge is 0.322 e. The number of aliphatic hydroxyl groups excluding tert-OH is 1. The first kappa shape index (κ1) is 19.7. The third-order valence-corrected chi connectivity index (χ3v) is 6.14. The van der Waals surface area contributed by atoms with Crippen LogP contribution in [-0.4, -0.2) is 65.7 Å². The number of hydrogen-bond donors (Lipinski definition) is 2. The molecule has 2 aromatic carbocycles. The first-order valence-electron chi connectivity index (χ1n) is 9.39. The van der Waals surface area contributed by atoms with E-state index in [0.29, 0.717) is 18.0 Å². The normalized spacial score (nSPS) is 23.3. The van der Waals surface area contributed by atoms with Crippen LogP contribution in [-0.2, 0) is 4.79 Å². The predicted octanol–water partition coefficient (Wildman–Crippen LogP) is 2.66. The minimum Gasteiger partial charge on any atom is -0.497 e. The number of nitrogens with one attached hydrogen (secondary N) is 1. The molecule has 4 rings (SSSR count). The van der Waals surface area contributed by atoms with Gasteiger partial charge in [-0.05, 0) is 29.8 Å². The molecule has 0 saturated carbocycles. The van der Waals surface area contributed by atoms with Crippen LogP contribution in [0.4, 0.5) is 10.5 Å². The van der Waals surface area contributed by atoms with E-state index in [4.69, 9.17) is 4.74 Å². The second-order valence-corrected chi connectivity index (χ2v) is 8.15. The van der Waals surface area contributed by atoms with Gasteiger partial charge in [-0.1, -0.05) is 34.1 Å². The molecule has 7 nitrogen and oxygen atoms in total. The van der Waals surface area contributed by atoms with Crippen LogP contribution in [0.25, 0.3) is 0 Å². The Morgan fingerprint density at radius 1 is 1.28 bits per heavy atom. The number of aliphatic hydroxyl groups is 1. The summed E-state index contributed by atoms with van der Waals surface area (Å²) in [6, 6.07) is 14.2. The molecule has 2 aliphatic rings. The van der Waals surface area contributed by atoms with Crippen molar-refractivity contribution in [2.75, 3.05) is 32.1 Å². The lowest BCUT2D eigenvalue weighted by molar-refractivity contribution is -0.159. The van der Waals surface area contributed by atoms with E-state index in [9.17, 15) is 14.7 Å². The van der Waals surface area contributed by atoms with E-state index in [2.05, 4.69) is 21.2 Å². The predicted molar refractivity (Wildman–Crippen MR) is 112 cm³/mol. The number of urea groups is 1. The number of hydrogen-bond acceptors (Lipinski definition) is 4. The van der Waals surface area contributed by atoms with Crippen LogP contribution in [0.1, 0.15) is 11.5 Å². The monoisotopic (exact) mass is 459 g/mol. The number of methoxy groups -OCH3 is 1. The maximum atomic E-state index is 12.8. The summed E-state index contributed by atoms with van der Waals surface area (Å²) in [5, 5.41) is 12.7. The Morgan fingerprint density at radius 3 is 2.72 bits per heavy atom. The number of fused-ring (bicyclic) bond motifs is 1. The molecule has 2 N–H and O–H groups in total. The molecule has 0 radical (unpaired) electrons. The fourth-order valence-electron chi connectivity index (χ4n) is 4.24. The zero-order valence-corrected chi connectivity index (χ0v) is 17.5. The summed E-state index contributed by atoms with van der Waals surface area (Å²) in [6.07, 6.45) is 0. The lowest BCUT2D eigenvalue weighted by atomic mass is 9.74. The summed E-state index contributed by atoms with van der Waals surface area (Å²) in [5.41, 5.74) is 1.66. The number of benzene rings is 2. The zero-order chi connectivity index (χ0) is 20.5. The van der Waals surface area contributed by atoms with Crippen molar-refractivity contribution in [3.05, 3.63) is 58.6 Å². The SMILES string of the molecule is COc1cccc(NC(=O)N2CC(=O)N3[C@H](CO)[C@H](c4ccc(Br)cc4)[C@H]3C2)c1. The van der Waals surface area contributed by atoms with Crippen LogP contribution in [0.2, 0.25) is 0 Å². The Balaban J connectivity index is 1.51. The first-order valence-corrected chi connectivity index (χ1v) is 10.2. The Labute approximate surface area is 177 Å². The van der Waals surface area contributed by atoms with Gasteiger partial charge in [0.15, 0.2) is 0 Å². The van der Waals surface area contributed by atoms with Gasteiger partial charge in [-0.15, -0.1) is 0 Å². The Kier molecular flexibility index (Phi) is 5.47. The van der Waals surface area contributed by atoms with E-state index < -0.39 is 0 Å². The van der Waals surface area contributed by atoms with Crippen molar-refractivity contribution < 1.29 is 19.4 Å². The summed E-state index contributed by atoms with van der Waals surface area (Å²) in [4.78, 5) is 28.7. The van der Waals surface area contributed by atoms with Gasteiger partial charge in [-0.25, -0.2) is 4.79 Å². The maximum absolute atomic E-state index is 12.8. The fourth-order valence-corrected chi connectivity index (χ4v) is 4.51. The van der Waals surface area contributed by atoms with Crippen LogP contribution >= 0.6 is 15.9 Å². The van der Waals surface area contributed by atoms with Crippen molar-refractivity contribution in [1.82, 2.24) is 9.80 Å². The number of piperazine rings is 1. The molecule has 0 aliphatic carbocycles. The summed E-state index contributed by atoms with van der Waals surface area (Å²) in [5.74, 6) is 0.489. The van der Waals surface area contributed by atoms with Gasteiger partial charge in [0, 0.05) is 28.7 Å². The van der Waals surface area contributed by atoms with Crippen LogP contribution in [0.5, 0.6) is 5.75 Å². The van der Waals surface area contributed by atoms with Crippen molar-refractivity contribution in [2.24, 2.45) is 0 Å². The van der Waals surface area contributed by atoms with Crippen molar-refractivity contribution >= 4 is 33.6 Å². The zero-order valence-electron chi connectivity index (χ0n) is 15.9. The van der Waals surface area contributed by atoms with Gasteiger partial charge in [0.1, 0.15) is 12.3 Å². The van der Waals surface area contributed by atoms with Crippen molar-refractivity contribution in [1.29, 1.82) is 0 Å². The second kappa shape index (κ2) is 8.04. The number of rotatable bonds is 4. The highest BCUT2D eigenvalue weighted by atomic mass is 79.9. The molecule has 3 amide bonds. The molecular weight excluding hydrogens is 438 g/mol. The third kappa shape index (κ3) is 3.70. The van der Waals surface area contributed by atoms with Gasteiger partial charge in [0.05, 0.1) is 25.8 Å². The molecule has 0 bridgehead atoms. The van der Waals surface area contributed by atoms with E-state index >= 15 is 0 Å². The van der Waals surface area contributed by atoms with Gasteiger partial charge >= 0.3 is 6.03 Å². The first-order chi connectivity index (χ1) is 14.0. The van der Waals surface area contributed by atoms with Crippen molar-refractivity contribution in [3.8, 4) is 5.75 Å². The molecular formula is C21H22BrN3O4. The van der Waals surface area contributed by atoms with E-state index in [-0.39, 0.29) is 43.1 Å². The van der Waals surface area contributed by atoms with E-state index in [1.165, 1.54) is 4.90 Å². The van der Waals surface area contributed by atoms with Gasteiger partial charge in [0.25, 0.3) is 0 Å². The quantitative estimate of drug-likeness (QED) is 0.736. The number of ether oxygens (including phenoxy) is 1. The lowest BCUT2D eigenvalue weighted by Crippen LogP contribution is -2.73. The van der Waals surface area contributed by atoms with Crippen molar-refractivity contribution in [3.63, 3.8) is 0 Å². The molecule has 2 fully saturated rings. The van der Waals surface area contributed by atoms with Crippen molar-refractivity contribution in [2.45, 2.75) is 18.0 Å². The lowest BCUT2D eigenvalue weighted by Gasteiger charge is -2.58. The number of carbonyl (C=O) groups is 2. The largest absolute Gasteiger partial charge is 0.497 e. The van der Waals surface area contributed by atoms with Crippen LogP contribution in [0.15, 0.2) is 53.0 Å². The third-order valence-electron chi connectivity index (χ3n) is 5.62. The molecule has 8 heteroatoms. The Morgan fingerprint density at radius 2 is 2.03 bits per heavy atom. The summed E-state index contributed by atoms with van der Waals surface area (Å²) < 4.78 is 6.15. The molecule has 3 atom stereocenters. The number of halogens is 1. The number of anilines is 1. The maximum Gasteiger partial charge on any atom is 0.322 e. The highest BCUT2D eigenvalue weighted by Crippen LogP contribution is 2.43. The van der Waals surface area contributed by atoms with Gasteiger partial charge < -0.3 is 25.0 Å². The van der Waals surface area contributed by atoms with Gasteiger partial charge in [-0.3, -0.25) is 4.79 Å². The minimum atomic E-state index is -0.326. The van der Waals surface area contributed by atoms with Gasteiger partial charge in [-0.2, -0.15) is 0 Å². The highest BCUT2D eigenvalue weighted by molar-refractivity contribution is 9.10. The minimum absolute atomic E-state index is 0.00411. The molecule has 2 saturated heterocycles. The molecule has 2 heterocycles. The molecule has 0 unspecified atom stereocenters. The molecule has 2 aromatic rings.